The number of sulfonamides is 1. The first kappa shape index (κ1) is 23.1. The third kappa shape index (κ3) is 4.18. The number of aromatic nitrogens is 1. The molecule has 0 spiro atoms. The molecule has 0 radical (unpaired) electrons. The third-order valence-electron chi connectivity index (χ3n) is 6.14. The second-order valence-electron chi connectivity index (χ2n) is 8.23. The Bertz CT molecular complexity index is 1660. The summed E-state index contributed by atoms with van der Waals surface area (Å²) in [5.74, 6) is 2.18. The molecule has 0 saturated heterocycles. The summed E-state index contributed by atoms with van der Waals surface area (Å²) in [7, 11) is -3.72. The van der Waals surface area contributed by atoms with E-state index in [0.29, 0.717) is 35.6 Å². The van der Waals surface area contributed by atoms with Gasteiger partial charge in [-0.15, -0.1) is 6.42 Å². The van der Waals surface area contributed by atoms with E-state index < -0.39 is 15.9 Å². The lowest BCUT2D eigenvalue weighted by molar-refractivity contribution is 0.0998. The Balaban J connectivity index is 1.46. The molecule has 0 bridgehead atoms. The number of hydrogen-bond donors (Lipinski definition) is 0. The lowest BCUT2D eigenvalue weighted by atomic mass is 10.2. The van der Waals surface area contributed by atoms with Crippen molar-refractivity contribution < 1.29 is 13.2 Å². The van der Waals surface area contributed by atoms with Gasteiger partial charge in [-0.3, -0.25) is 9.10 Å². The van der Waals surface area contributed by atoms with E-state index in [0.717, 1.165) is 22.2 Å². The fraction of sp³-hybridized carbons (Fsp3) is 0.185. The van der Waals surface area contributed by atoms with Crippen LogP contribution < -0.4 is 9.11 Å². The van der Waals surface area contributed by atoms with Crippen LogP contribution in [-0.2, 0) is 29.4 Å². The number of carbonyl (C=O) groups is 1. The summed E-state index contributed by atoms with van der Waals surface area (Å²) in [4.78, 5) is 17.9. The number of benzene rings is 3. The van der Waals surface area contributed by atoms with Crippen molar-refractivity contribution in [2.24, 2.45) is 4.99 Å². The highest BCUT2D eigenvalue weighted by molar-refractivity contribution is 7.92. The van der Waals surface area contributed by atoms with E-state index in [1.54, 1.807) is 0 Å². The first-order valence-corrected chi connectivity index (χ1v) is 13.5. The quantitative estimate of drug-likeness (QED) is 0.381. The maximum Gasteiger partial charge on any atom is 0.279 e. The van der Waals surface area contributed by atoms with Crippen LogP contribution in [0.25, 0.3) is 10.2 Å². The molecule has 0 N–H and O–H groups in total. The van der Waals surface area contributed by atoms with Crippen LogP contribution in [0, 0.1) is 12.3 Å². The summed E-state index contributed by atoms with van der Waals surface area (Å²) in [6.45, 7) is 2.79. The highest BCUT2D eigenvalue weighted by atomic mass is 32.2. The van der Waals surface area contributed by atoms with Crippen LogP contribution in [0.2, 0.25) is 0 Å². The van der Waals surface area contributed by atoms with Crippen LogP contribution >= 0.6 is 11.3 Å². The normalized spacial score (nSPS) is 13.7. The van der Waals surface area contributed by atoms with Gasteiger partial charge in [0.15, 0.2) is 4.80 Å². The van der Waals surface area contributed by atoms with Crippen LogP contribution in [-0.4, -0.2) is 25.4 Å². The molecule has 0 fully saturated rings. The zero-order chi connectivity index (χ0) is 24.6. The molecular weight excluding hydrogens is 478 g/mol. The van der Waals surface area contributed by atoms with E-state index in [-0.39, 0.29) is 4.90 Å². The van der Waals surface area contributed by atoms with E-state index in [9.17, 15) is 13.2 Å². The molecule has 1 amide bonds. The minimum Gasteiger partial charge on any atom is -0.305 e. The van der Waals surface area contributed by atoms with Crippen LogP contribution in [0.15, 0.2) is 76.6 Å². The minimum atomic E-state index is -3.72. The number of thiazole rings is 1. The average molecular weight is 502 g/mol. The lowest BCUT2D eigenvalue weighted by Crippen LogP contribution is -2.29. The van der Waals surface area contributed by atoms with Gasteiger partial charge in [-0.1, -0.05) is 48.4 Å². The van der Waals surface area contributed by atoms with Crippen LogP contribution in [0.1, 0.15) is 28.4 Å². The highest BCUT2D eigenvalue weighted by Gasteiger charge is 2.30. The molecule has 8 heteroatoms. The second kappa shape index (κ2) is 9.17. The number of anilines is 1. The van der Waals surface area contributed by atoms with Gasteiger partial charge >= 0.3 is 0 Å². The first-order chi connectivity index (χ1) is 16.9. The van der Waals surface area contributed by atoms with Gasteiger partial charge in [0.2, 0.25) is 0 Å². The molecule has 0 saturated carbocycles. The number of carbonyl (C=O) groups excluding carboxylic acids is 1. The Morgan fingerprint density at radius 3 is 2.63 bits per heavy atom. The van der Waals surface area contributed by atoms with Gasteiger partial charge in [-0.2, -0.15) is 4.99 Å². The molecule has 0 aliphatic carbocycles. The van der Waals surface area contributed by atoms with Crippen molar-refractivity contribution in [3.63, 3.8) is 0 Å². The van der Waals surface area contributed by atoms with Crippen molar-refractivity contribution in [1.29, 1.82) is 0 Å². The summed E-state index contributed by atoms with van der Waals surface area (Å²) in [5, 5.41) is 0. The summed E-state index contributed by atoms with van der Waals surface area (Å²) < 4.78 is 30.8. The Morgan fingerprint density at radius 2 is 1.89 bits per heavy atom. The fourth-order valence-corrected chi connectivity index (χ4v) is 6.87. The number of nitrogens with zero attached hydrogens (tertiary/aromatic N) is 3. The number of amides is 1. The van der Waals surface area contributed by atoms with Gasteiger partial charge in [0, 0.05) is 12.1 Å². The molecule has 1 aliphatic heterocycles. The summed E-state index contributed by atoms with van der Waals surface area (Å²) >= 11 is 1.41. The van der Waals surface area contributed by atoms with Gasteiger partial charge < -0.3 is 4.57 Å². The second-order valence-corrected chi connectivity index (χ2v) is 11.1. The Morgan fingerprint density at radius 1 is 1.11 bits per heavy atom. The smallest absolute Gasteiger partial charge is 0.279 e. The number of hydrogen-bond acceptors (Lipinski definition) is 4. The fourth-order valence-electron chi connectivity index (χ4n) is 4.27. The number of fused-ring (bicyclic) bond motifs is 2. The van der Waals surface area contributed by atoms with Crippen LogP contribution in [0.5, 0.6) is 0 Å². The Hall–Kier alpha value is -3.67. The Kier molecular flexibility index (Phi) is 6.05. The summed E-state index contributed by atoms with van der Waals surface area (Å²) in [5.41, 5.74) is 4.16. The number of rotatable bonds is 5. The molecule has 4 aromatic rings. The van der Waals surface area contributed by atoms with Crippen molar-refractivity contribution >= 4 is 43.2 Å². The largest absolute Gasteiger partial charge is 0.305 e. The van der Waals surface area contributed by atoms with Gasteiger partial charge in [-0.05, 0) is 66.4 Å². The molecule has 1 aromatic heterocycles. The zero-order valence-electron chi connectivity index (χ0n) is 19.1. The molecule has 2 heterocycles. The molecule has 5 rings (SSSR count). The van der Waals surface area contributed by atoms with Crippen LogP contribution in [0.4, 0.5) is 5.69 Å². The topological polar surface area (TPSA) is 71.7 Å². The zero-order valence-corrected chi connectivity index (χ0v) is 20.8. The van der Waals surface area contributed by atoms with E-state index in [4.69, 9.17) is 6.42 Å². The predicted octanol–water partition coefficient (Wildman–Crippen LogP) is 4.39. The van der Waals surface area contributed by atoms with Crippen molar-refractivity contribution in [2.75, 3.05) is 10.8 Å². The molecular formula is C27H23N3O3S2. The molecule has 0 unspecified atom stereocenters. The van der Waals surface area contributed by atoms with Gasteiger partial charge in [0.05, 0.1) is 27.3 Å². The number of para-hydroxylation sites is 1. The molecule has 176 valence electrons. The van der Waals surface area contributed by atoms with Crippen molar-refractivity contribution in [3.8, 4) is 12.3 Å². The predicted molar refractivity (Wildman–Crippen MR) is 139 cm³/mol. The molecule has 0 atom stereocenters. The van der Waals surface area contributed by atoms with Crippen molar-refractivity contribution in [2.45, 2.75) is 31.2 Å². The van der Waals surface area contributed by atoms with E-state index in [2.05, 4.69) is 23.9 Å². The molecule has 35 heavy (non-hydrogen) atoms. The van der Waals surface area contributed by atoms with Gasteiger partial charge in [0.1, 0.15) is 0 Å². The van der Waals surface area contributed by atoms with Gasteiger partial charge in [-0.25, -0.2) is 8.42 Å². The lowest BCUT2D eigenvalue weighted by Gasteiger charge is -2.19. The SMILES string of the molecule is C#CCn1c(=NC(=O)c2ccc(S(=O)(=O)N3CCc4ccccc43)cc2)sc2cc(CC)ccc21. The molecule has 1 aliphatic rings. The summed E-state index contributed by atoms with van der Waals surface area (Å²) in [6, 6.07) is 19.6. The van der Waals surface area contributed by atoms with Gasteiger partial charge in [0.25, 0.3) is 15.9 Å². The van der Waals surface area contributed by atoms with E-state index in [1.165, 1.54) is 45.5 Å². The van der Waals surface area contributed by atoms with Crippen molar-refractivity contribution in [1.82, 2.24) is 4.57 Å². The average Bonchev–Trinajstić information content (AvgIpc) is 3.46. The molecule has 6 nitrogen and oxygen atoms in total. The van der Waals surface area contributed by atoms with E-state index in [1.807, 2.05) is 41.0 Å². The van der Waals surface area contributed by atoms with Crippen molar-refractivity contribution in [3.05, 3.63) is 88.2 Å². The minimum absolute atomic E-state index is 0.141. The standard InChI is InChI=1S/C27H23N3O3S2/c1-3-16-29-24-14-9-19(4-2)18-25(24)34-27(29)28-26(31)21-10-12-22(13-11-21)35(32,33)30-17-15-20-7-5-6-8-23(20)30/h1,5-14,18H,4,15-17H2,2H3. The highest BCUT2D eigenvalue weighted by Crippen LogP contribution is 2.32. The van der Waals surface area contributed by atoms with E-state index >= 15 is 0 Å². The first-order valence-electron chi connectivity index (χ1n) is 11.3. The number of terminal acetylenes is 1. The Labute approximate surface area is 208 Å². The summed E-state index contributed by atoms with van der Waals surface area (Å²) in [6.07, 6.45) is 7.15. The molecule has 3 aromatic carbocycles. The maximum atomic E-state index is 13.2. The van der Waals surface area contributed by atoms with Crippen LogP contribution in [0.3, 0.4) is 0 Å². The monoisotopic (exact) mass is 501 g/mol. The maximum absolute atomic E-state index is 13.2. The third-order valence-corrected chi connectivity index (χ3v) is 9.00. The number of aryl methyl sites for hydroxylation is 1.